The van der Waals surface area contributed by atoms with Crippen LogP contribution in [0.15, 0.2) is 60.8 Å². The molecule has 0 atom stereocenters. The Labute approximate surface area is 176 Å². The SMILES string of the molecule is C=CCN1C(=O)N/C(=C/c2ccc(OCc3ccccc3C#N)c(I)c2)C1=O. The summed E-state index contributed by atoms with van der Waals surface area (Å²) >= 11 is 2.14. The van der Waals surface area contributed by atoms with Gasteiger partial charge in [-0.15, -0.1) is 6.58 Å². The summed E-state index contributed by atoms with van der Waals surface area (Å²) in [7, 11) is 0. The summed E-state index contributed by atoms with van der Waals surface area (Å²) in [5.41, 5.74) is 2.38. The number of urea groups is 1. The number of hydrogen-bond acceptors (Lipinski definition) is 4. The molecule has 1 saturated heterocycles. The molecule has 3 rings (SSSR count). The van der Waals surface area contributed by atoms with Crippen molar-refractivity contribution in [1.82, 2.24) is 10.2 Å². The summed E-state index contributed by atoms with van der Waals surface area (Å²) in [4.78, 5) is 25.2. The number of nitriles is 1. The zero-order valence-corrected chi connectivity index (χ0v) is 17.0. The highest BCUT2D eigenvalue weighted by Crippen LogP contribution is 2.25. The summed E-state index contributed by atoms with van der Waals surface area (Å²) in [5, 5.41) is 11.7. The third-order valence-corrected chi connectivity index (χ3v) is 4.90. The van der Waals surface area contributed by atoms with E-state index in [-0.39, 0.29) is 24.8 Å². The predicted octanol–water partition coefficient (Wildman–Crippen LogP) is 3.82. The van der Waals surface area contributed by atoms with Crippen molar-refractivity contribution in [1.29, 1.82) is 5.26 Å². The molecule has 0 spiro atoms. The van der Waals surface area contributed by atoms with Crippen LogP contribution in [-0.2, 0) is 11.4 Å². The maximum atomic E-state index is 12.3. The minimum atomic E-state index is -0.457. The van der Waals surface area contributed by atoms with E-state index in [2.05, 4.69) is 40.6 Å². The maximum Gasteiger partial charge on any atom is 0.329 e. The van der Waals surface area contributed by atoms with Gasteiger partial charge < -0.3 is 10.1 Å². The van der Waals surface area contributed by atoms with E-state index in [4.69, 9.17) is 10.00 Å². The topological polar surface area (TPSA) is 82.4 Å². The van der Waals surface area contributed by atoms with Crippen molar-refractivity contribution in [2.75, 3.05) is 6.54 Å². The van der Waals surface area contributed by atoms with Crippen LogP contribution in [0.4, 0.5) is 4.79 Å². The first-order valence-electron chi connectivity index (χ1n) is 8.39. The summed E-state index contributed by atoms with van der Waals surface area (Å²) in [6.07, 6.45) is 3.13. The predicted molar refractivity (Wildman–Crippen MR) is 113 cm³/mol. The Kier molecular flexibility index (Phi) is 6.11. The molecule has 1 N–H and O–H groups in total. The van der Waals surface area contributed by atoms with Crippen LogP contribution in [0, 0.1) is 14.9 Å². The lowest BCUT2D eigenvalue weighted by Crippen LogP contribution is -2.30. The third-order valence-electron chi connectivity index (χ3n) is 4.06. The second kappa shape index (κ2) is 8.71. The van der Waals surface area contributed by atoms with Gasteiger partial charge in [-0.05, 0) is 52.4 Å². The van der Waals surface area contributed by atoms with E-state index in [0.717, 1.165) is 19.6 Å². The maximum absolute atomic E-state index is 12.3. The Hall–Kier alpha value is -3.12. The molecule has 140 valence electrons. The second-order valence-electron chi connectivity index (χ2n) is 5.94. The Morgan fingerprint density at radius 3 is 2.75 bits per heavy atom. The molecule has 2 aromatic rings. The molecule has 6 nitrogen and oxygen atoms in total. The molecule has 1 aliphatic rings. The van der Waals surface area contributed by atoms with Crippen molar-refractivity contribution < 1.29 is 14.3 Å². The highest BCUT2D eigenvalue weighted by atomic mass is 127. The van der Waals surface area contributed by atoms with Crippen molar-refractivity contribution >= 4 is 40.6 Å². The van der Waals surface area contributed by atoms with Gasteiger partial charge in [-0.2, -0.15) is 5.26 Å². The number of carbonyl (C=O) groups excluding carboxylic acids is 2. The van der Waals surface area contributed by atoms with E-state index in [0.29, 0.717) is 11.3 Å². The van der Waals surface area contributed by atoms with Crippen LogP contribution in [0.25, 0.3) is 6.08 Å². The number of nitrogens with zero attached hydrogens (tertiary/aromatic N) is 2. The van der Waals surface area contributed by atoms with Gasteiger partial charge in [-0.3, -0.25) is 9.69 Å². The fourth-order valence-corrected chi connectivity index (χ4v) is 3.36. The van der Waals surface area contributed by atoms with Crippen LogP contribution >= 0.6 is 22.6 Å². The van der Waals surface area contributed by atoms with Gasteiger partial charge in [-0.25, -0.2) is 4.79 Å². The van der Waals surface area contributed by atoms with E-state index < -0.39 is 6.03 Å². The summed E-state index contributed by atoms with van der Waals surface area (Å²) in [5.74, 6) is 0.291. The first-order valence-corrected chi connectivity index (χ1v) is 9.47. The summed E-state index contributed by atoms with van der Waals surface area (Å²) in [6, 6.07) is 14.4. The van der Waals surface area contributed by atoms with Crippen molar-refractivity contribution in [3.63, 3.8) is 0 Å². The average molecular weight is 485 g/mol. The number of rotatable bonds is 6. The smallest absolute Gasteiger partial charge is 0.329 e. The minimum Gasteiger partial charge on any atom is -0.488 e. The van der Waals surface area contributed by atoms with Gasteiger partial charge in [0.15, 0.2) is 0 Å². The van der Waals surface area contributed by atoms with Gasteiger partial charge in [0.05, 0.1) is 15.2 Å². The first kappa shape index (κ1) is 19.6. The molecule has 7 heteroatoms. The van der Waals surface area contributed by atoms with E-state index in [1.165, 1.54) is 6.08 Å². The lowest BCUT2D eigenvalue weighted by Gasteiger charge is -2.10. The number of nitrogens with one attached hydrogen (secondary N) is 1. The molecule has 1 heterocycles. The van der Waals surface area contributed by atoms with Gasteiger partial charge in [0.25, 0.3) is 5.91 Å². The molecule has 3 amide bonds. The van der Waals surface area contributed by atoms with E-state index >= 15 is 0 Å². The van der Waals surface area contributed by atoms with Gasteiger partial charge in [-0.1, -0.05) is 30.3 Å². The van der Waals surface area contributed by atoms with Gasteiger partial charge in [0.2, 0.25) is 0 Å². The number of halogens is 1. The van der Waals surface area contributed by atoms with Crippen LogP contribution in [0.2, 0.25) is 0 Å². The zero-order valence-electron chi connectivity index (χ0n) is 14.8. The Morgan fingerprint density at radius 1 is 1.25 bits per heavy atom. The fraction of sp³-hybridized carbons (Fsp3) is 0.0952. The molecule has 1 aliphatic heterocycles. The largest absolute Gasteiger partial charge is 0.488 e. The van der Waals surface area contributed by atoms with Crippen LogP contribution in [0.5, 0.6) is 5.75 Å². The normalized spacial score (nSPS) is 14.7. The average Bonchev–Trinajstić information content (AvgIpc) is 2.95. The second-order valence-corrected chi connectivity index (χ2v) is 7.10. The molecule has 0 bridgehead atoms. The van der Waals surface area contributed by atoms with Crippen molar-refractivity contribution in [2.24, 2.45) is 0 Å². The number of imide groups is 1. The number of hydrogen-bond donors (Lipinski definition) is 1. The van der Waals surface area contributed by atoms with E-state index in [9.17, 15) is 9.59 Å². The number of amides is 3. The lowest BCUT2D eigenvalue weighted by atomic mass is 10.1. The summed E-state index contributed by atoms with van der Waals surface area (Å²) < 4.78 is 6.69. The standard InChI is InChI=1S/C21H16IN3O3/c1-2-9-25-20(26)18(24-21(25)27)11-14-7-8-19(17(22)10-14)28-13-16-6-4-3-5-15(16)12-23/h2-8,10-11H,1,9,13H2,(H,24,27)/b18-11+. The zero-order chi connectivity index (χ0) is 20.1. The Morgan fingerprint density at radius 2 is 2.04 bits per heavy atom. The highest BCUT2D eigenvalue weighted by molar-refractivity contribution is 14.1. The highest BCUT2D eigenvalue weighted by Gasteiger charge is 2.32. The van der Waals surface area contributed by atoms with Crippen molar-refractivity contribution in [3.05, 3.63) is 81.1 Å². The van der Waals surface area contributed by atoms with Gasteiger partial charge in [0, 0.05) is 12.1 Å². The quantitative estimate of drug-likeness (QED) is 0.292. The molecule has 0 aromatic heterocycles. The minimum absolute atomic E-state index is 0.163. The molecule has 0 unspecified atom stereocenters. The molecule has 2 aromatic carbocycles. The Bertz CT molecular complexity index is 1020. The molecule has 0 aliphatic carbocycles. The third kappa shape index (κ3) is 4.23. The van der Waals surface area contributed by atoms with Gasteiger partial charge in [0.1, 0.15) is 18.1 Å². The van der Waals surface area contributed by atoms with E-state index in [1.807, 2.05) is 24.3 Å². The number of benzene rings is 2. The van der Waals surface area contributed by atoms with Crippen LogP contribution in [0.3, 0.4) is 0 Å². The van der Waals surface area contributed by atoms with Crippen molar-refractivity contribution in [2.45, 2.75) is 6.61 Å². The first-order chi connectivity index (χ1) is 13.5. The van der Waals surface area contributed by atoms with Crippen LogP contribution in [0.1, 0.15) is 16.7 Å². The van der Waals surface area contributed by atoms with Crippen molar-refractivity contribution in [3.8, 4) is 11.8 Å². The molecule has 0 radical (unpaired) electrons. The molecular weight excluding hydrogens is 469 g/mol. The summed E-state index contributed by atoms with van der Waals surface area (Å²) in [6.45, 7) is 3.99. The Balaban J connectivity index is 1.74. The van der Waals surface area contributed by atoms with E-state index in [1.54, 1.807) is 24.3 Å². The van der Waals surface area contributed by atoms with Crippen LogP contribution in [-0.4, -0.2) is 23.4 Å². The van der Waals surface area contributed by atoms with Crippen LogP contribution < -0.4 is 10.1 Å². The molecule has 28 heavy (non-hydrogen) atoms. The number of carbonyl (C=O) groups is 2. The molecule has 1 fully saturated rings. The van der Waals surface area contributed by atoms with Gasteiger partial charge >= 0.3 is 6.03 Å². The lowest BCUT2D eigenvalue weighted by molar-refractivity contribution is -0.122. The fourth-order valence-electron chi connectivity index (χ4n) is 2.67. The molecule has 0 saturated carbocycles. The number of ether oxygens (including phenoxy) is 1. The monoisotopic (exact) mass is 485 g/mol. The molecular formula is C21H16IN3O3.